The largest absolute Gasteiger partial charge is 0.478 e. The van der Waals surface area contributed by atoms with E-state index < -0.39 is 0 Å². The summed E-state index contributed by atoms with van der Waals surface area (Å²) in [6, 6.07) is 19.1. The van der Waals surface area contributed by atoms with Crippen LogP contribution in [0.3, 0.4) is 0 Å². The van der Waals surface area contributed by atoms with Gasteiger partial charge in [0.1, 0.15) is 0 Å². The summed E-state index contributed by atoms with van der Waals surface area (Å²) in [4.78, 5) is 51.2. The number of pyridine rings is 5. The second kappa shape index (κ2) is 54.6. The van der Waals surface area contributed by atoms with Crippen molar-refractivity contribution in [3.05, 3.63) is 130 Å². The van der Waals surface area contributed by atoms with Gasteiger partial charge in [0.05, 0.1) is 99.7 Å². The van der Waals surface area contributed by atoms with E-state index in [4.69, 9.17) is 47.4 Å². The van der Waals surface area contributed by atoms with E-state index in [2.05, 4.69) is 251 Å². The molecule has 24 nitrogen and oxygen atoms in total. The molecular weight excluding hydrogens is 1560 g/mol. The zero-order valence-corrected chi connectivity index (χ0v) is 83.8. The number of hydrogen-bond acceptors (Lipinski definition) is 23. The molecule has 5 aromatic heterocycles. The molecule has 4 fully saturated rings. The highest BCUT2D eigenvalue weighted by Crippen LogP contribution is 2.23. The van der Waals surface area contributed by atoms with Crippen molar-refractivity contribution < 1.29 is 47.4 Å². The number of rotatable bonds is 33. The van der Waals surface area contributed by atoms with Gasteiger partial charge in [-0.15, -0.1) is 0 Å². The van der Waals surface area contributed by atoms with Crippen molar-refractivity contribution in [1.82, 2.24) is 64.1 Å². The third kappa shape index (κ3) is 55.2. The Balaban J connectivity index is 0.000000326. The van der Waals surface area contributed by atoms with Crippen LogP contribution in [0.5, 0.6) is 23.5 Å². The summed E-state index contributed by atoms with van der Waals surface area (Å²) >= 11 is 0. The maximum Gasteiger partial charge on any atom is 0.247 e. The molecule has 0 bridgehead atoms. The van der Waals surface area contributed by atoms with Crippen LogP contribution in [0.2, 0.25) is 0 Å². The average Bonchev–Trinajstić information content (AvgIpc) is 0.881. The third-order valence-electron chi connectivity index (χ3n) is 20.2. The monoisotopic (exact) mass is 1740 g/mol. The standard InChI is InChI=1S/C23H41N3O3.3C21H37N3O2.C10H15NO2.C4H10/c1-22(2,3)28-17-15-26-13-11-25(12-14-26)10-7-16-27-21-9-8-20(18-24-21)19-29-23(4,5)6;3*1-20(2,3)24-13-11-23(12-14-24)10-7-15-25-19-9-8-18(16-22-19)17-26-21(4,5)6;1-10(2,3)13-7-8-4-5-9(12)11-6-8;1-4(2)3/h8-9,18H,7,10-17,19H2,1-6H3;3*8-9,16H,7,10-15,17H2,1-6H3;4-6H,7H2,1-3H3,(H,11,12);4H,1-3H3. The van der Waals surface area contributed by atoms with Gasteiger partial charge in [0.15, 0.2) is 0 Å². The van der Waals surface area contributed by atoms with Gasteiger partial charge in [0.2, 0.25) is 29.1 Å². The molecule has 0 aliphatic carbocycles. The second-order valence-corrected chi connectivity index (χ2v) is 42.8. The van der Waals surface area contributed by atoms with Gasteiger partial charge in [-0.1, -0.05) is 20.8 Å². The van der Waals surface area contributed by atoms with E-state index in [9.17, 15) is 4.79 Å². The second-order valence-electron chi connectivity index (χ2n) is 42.8. The summed E-state index contributed by atoms with van der Waals surface area (Å²) in [6.45, 7) is 94.4. The van der Waals surface area contributed by atoms with Crippen LogP contribution in [0, 0.1) is 5.92 Å². The van der Waals surface area contributed by atoms with Crippen molar-refractivity contribution in [1.29, 1.82) is 0 Å². The van der Waals surface area contributed by atoms with Crippen molar-refractivity contribution in [2.24, 2.45) is 5.92 Å². The highest BCUT2D eigenvalue weighted by Gasteiger charge is 2.29. The Morgan fingerprint density at radius 3 is 0.685 bits per heavy atom. The Hall–Kier alpha value is -5.81. The van der Waals surface area contributed by atoms with Gasteiger partial charge in [-0.2, -0.15) is 0 Å². The fraction of sp³-hybridized carbons (Fsp3) is 0.750. The lowest BCUT2D eigenvalue weighted by Crippen LogP contribution is -2.53. The minimum atomic E-state index is -0.143. The highest BCUT2D eigenvalue weighted by atomic mass is 16.5. The van der Waals surface area contributed by atoms with E-state index >= 15 is 0 Å². The lowest BCUT2D eigenvalue weighted by Gasteiger charge is -2.42. The third-order valence-corrected chi connectivity index (χ3v) is 20.2. The minimum absolute atomic E-state index is 0.0444. The number of ether oxygens (including phenoxy) is 10. The maximum atomic E-state index is 10.7. The molecule has 0 spiro atoms. The van der Waals surface area contributed by atoms with Crippen LogP contribution in [0.25, 0.3) is 0 Å². The molecule has 24 heteroatoms. The van der Waals surface area contributed by atoms with Crippen LogP contribution < -0.4 is 24.5 Å². The van der Waals surface area contributed by atoms with E-state index in [-0.39, 0.29) is 55.8 Å². The zero-order valence-electron chi connectivity index (χ0n) is 83.8. The zero-order chi connectivity index (χ0) is 92.4. The van der Waals surface area contributed by atoms with Gasteiger partial charge in [0, 0.05) is 215 Å². The van der Waals surface area contributed by atoms with E-state index in [1.54, 1.807) is 12.3 Å². The summed E-state index contributed by atoms with van der Waals surface area (Å²) in [5, 5.41) is 0. The molecule has 0 radical (unpaired) electrons. The van der Waals surface area contributed by atoms with Crippen LogP contribution in [-0.4, -0.2) is 285 Å². The first-order chi connectivity index (χ1) is 57.7. The molecule has 0 amide bonds. The molecule has 0 aromatic carbocycles. The molecular formula is C100H177N13O11. The lowest BCUT2D eigenvalue weighted by molar-refractivity contribution is -0.0180. The van der Waals surface area contributed by atoms with Gasteiger partial charge in [0.25, 0.3) is 0 Å². The first-order valence-corrected chi connectivity index (χ1v) is 46.4. The Morgan fingerprint density at radius 2 is 0.492 bits per heavy atom. The summed E-state index contributed by atoms with van der Waals surface area (Å²) in [7, 11) is 0. The number of nitrogens with one attached hydrogen (secondary N) is 1. The number of nitrogens with zero attached hydrogens (tertiary/aromatic N) is 12. The van der Waals surface area contributed by atoms with E-state index in [1.165, 1.54) is 6.07 Å². The van der Waals surface area contributed by atoms with Crippen LogP contribution in [0.15, 0.2) is 96.4 Å². The van der Waals surface area contributed by atoms with E-state index in [1.807, 2.05) is 94.1 Å². The summed E-state index contributed by atoms with van der Waals surface area (Å²) < 4.78 is 57.6. The summed E-state index contributed by atoms with van der Waals surface area (Å²) in [5.41, 5.74) is 5.31. The quantitative estimate of drug-likeness (QED) is 0.0388. The predicted octanol–water partition coefficient (Wildman–Crippen LogP) is 17.7. The van der Waals surface area contributed by atoms with Crippen LogP contribution >= 0.6 is 0 Å². The first-order valence-electron chi connectivity index (χ1n) is 46.4. The maximum absolute atomic E-state index is 10.7. The van der Waals surface area contributed by atoms with Crippen molar-refractivity contribution in [2.75, 3.05) is 170 Å². The molecule has 1 N–H and O–H groups in total. The van der Waals surface area contributed by atoms with Gasteiger partial charge in [-0.25, -0.2) is 19.9 Å². The van der Waals surface area contributed by atoms with Gasteiger partial charge in [-0.05, 0) is 277 Å². The molecule has 124 heavy (non-hydrogen) atoms. The Morgan fingerprint density at radius 1 is 0.282 bits per heavy atom. The molecule has 9 heterocycles. The molecule has 5 aromatic rings. The van der Waals surface area contributed by atoms with E-state index in [0.29, 0.717) is 83.0 Å². The number of hydrogen-bond donors (Lipinski definition) is 1. The predicted molar refractivity (Wildman–Crippen MR) is 510 cm³/mol. The van der Waals surface area contributed by atoms with Crippen LogP contribution in [-0.2, 0) is 61.5 Å². The SMILES string of the molecule is CC(C)(C)OCCN1CCN(CCCOc2ccc(COC(C)(C)C)cn2)CC1.CC(C)(C)OCc1ccc(=O)[nH]c1.CC(C)(C)OCc1ccc(OCCCN2CCN(C(C)(C)C)CC2)nc1.CC(C)(C)OCc1ccc(OCCCN2CCN(C(C)(C)C)CC2)nc1.CC(C)(C)OCc1ccc(OCCCN2CCN(C(C)(C)C)CC2)nc1.CC(C)C. The fourth-order valence-electron chi connectivity index (χ4n) is 12.9. The van der Waals surface area contributed by atoms with Crippen molar-refractivity contribution in [3.63, 3.8) is 0 Å². The van der Waals surface area contributed by atoms with Crippen molar-refractivity contribution in [3.8, 4) is 23.5 Å². The van der Waals surface area contributed by atoms with E-state index in [0.717, 1.165) is 203 Å². The Bertz CT molecular complexity index is 3350. The number of aromatic amines is 1. The molecule has 0 unspecified atom stereocenters. The fourth-order valence-corrected chi connectivity index (χ4v) is 12.9. The van der Waals surface area contributed by atoms with Crippen molar-refractivity contribution >= 4 is 0 Å². The molecule has 4 saturated heterocycles. The van der Waals surface area contributed by atoms with Crippen molar-refractivity contribution in [2.45, 2.75) is 317 Å². The molecule has 4 aliphatic heterocycles. The Kier molecular flexibility index (Phi) is 48.7. The van der Waals surface area contributed by atoms with Gasteiger partial charge < -0.3 is 72.0 Å². The summed E-state index contributed by atoms with van der Waals surface area (Å²) in [6.07, 6.45) is 13.2. The lowest BCUT2D eigenvalue weighted by atomic mass is 10.0. The number of piperazine rings is 4. The topological polar surface area (TPSA) is 203 Å². The molecule has 9 rings (SSSR count). The van der Waals surface area contributed by atoms with Gasteiger partial charge in [-0.3, -0.25) is 24.4 Å². The van der Waals surface area contributed by atoms with Crippen LogP contribution in [0.4, 0.5) is 0 Å². The normalized spacial score (nSPS) is 16.4. The smallest absolute Gasteiger partial charge is 0.247 e. The molecule has 0 atom stereocenters. The molecule has 0 saturated carbocycles. The molecule has 4 aliphatic rings. The molecule has 708 valence electrons. The highest BCUT2D eigenvalue weighted by molar-refractivity contribution is 5.20. The summed E-state index contributed by atoms with van der Waals surface area (Å²) in [5.74, 6) is 3.61. The minimum Gasteiger partial charge on any atom is -0.478 e. The Labute approximate surface area is 754 Å². The first kappa shape index (κ1) is 111. The van der Waals surface area contributed by atoms with Crippen LogP contribution in [0.1, 0.15) is 261 Å². The number of aromatic nitrogens is 5. The van der Waals surface area contributed by atoms with Gasteiger partial charge >= 0.3 is 0 Å². The number of H-pyrrole nitrogens is 1. The average molecular weight is 1740 g/mol.